The maximum atomic E-state index is 14.2. The summed E-state index contributed by atoms with van der Waals surface area (Å²) < 4.78 is 76.8. The van der Waals surface area contributed by atoms with E-state index in [0.717, 1.165) is 6.92 Å². The molecule has 0 aromatic carbocycles. The molecule has 6 nitrogen and oxygen atoms in total. The Morgan fingerprint density at radius 1 is 1.12 bits per heavy atom. The Balaban J connectivity index is 5.62. The van der Waals surface area contributed by atoms with E-state index in [0.29, 0.717) is 6.92 Å². The molecule has 0 amide bonds. The van der Waals surface area contributed by atoms with Crippen molar-refractivity contribution in [3.63, 3.8) is 0 Å². The summed E-state index contributed by atoms with van der Waals surface area (Å²) in [7, 11) is 0. The highest BCUT2D eigenvalue weighted by molar-refractivity contribution is 5.91. The summed E-state index contributed by atoms with van der Waals surface area (Å²) in [6, 6.07) is 0. The number of aliphatic hydroxyl groups is 1. The molecule has 0 spiro atoms. The Bertz CT molecular complexity index is 490. The number of hydrogen-bond donors (Lipinski definition) is 1. The van der Waals surface area contributed by atoms with Crippen molar-refractivity contribution in [3.8, 4) is 0 Å². The topological polar surface area (TPSA) is 82.1 Å². The molecule has 24 heavy (non-hydrogen) atoms. The lowest BCUT2D eigenvalue weighted by Gasteiger charge is -2.34. The molecule has 0 rings (SSSR count). The molecule has 0 aromatic rings. The van der Waals surface area contributed by atoms with Gasteiger partial charge in [-0.3, -0.25) is 0 Å². The third kappa shape index (κ3) is 5.41. The Morgan fingerprint density at radius 3 is 2.00 bits per heavy atom. The average molecular weight is 364 g/mol. The van der Waals surface area contributed by atoms with Crippen LogP contribution in [0.15, 0.2) is 12.2 Å². The number of carbonyl (C=O) groups is 2. The third-order valence-electron chi connectivity index (χ3n) is 2.66. The van der Waals surface area contributed by atoms with Gasteiger partial charge >= 0.3 is 24.0 Å². The summed E-state index contributed by atoms with van der Waals surface area (Å²) in [5, 5.41) is 9.49. The van der Waals surface area contributed by atoms with Gasteiger partial charge in [-0.1, -0.05) is 6.58 Å². The van der Waals surface area contributed by atoms with Crippen molar-refractivity contribution >= 4 is 11.9 Å². The first-order chi connectivity index (χ1) is 10.7. The van der Waals surface area contributed by atoms with Crippen LogP contribution >= 0.6 is 0 Å². The zero-order valence-corrected chi connectivity index (χ0v) is 13.1. The van der Waals surface area contributed by atoms with E-state index < -0.39 is 49.1 Å². The van der Waals surface area contributed by atoms with E-state index in [1.165, 1.54) is 6.92 Å². The Hall–Kier alpha value is -1.75. The van der Waals surface area contributed by atoms with Crippen LogP contribution in [0, 0.1) is 0 Å². The van der Waals surface area contributed by atoms with Crippen LogP contribution in [0.3, 0.4) is 0 Å². The second kappa shape index (κ2) is 7.88. The molecule has 1 N–H and O–H groups in total. The number of hydrogen-bond acceptors (Lipinski definition) is 6. The van der Waals surface area contributed by atoms with Crippen molar-refractivity contribution in [2.45, 2.75) is 44.8 Å². The van der Waals surface area contributed by atoms with Crippen molar-refractivity contribution in [2.24, 2.45) is 0 Å². The van der Waals surface area contributed by atoms with Crippen molar-refractivity contribution < 1.29 is 50.9 Å². The molecule has 0 heterocycles. The lowest BCUT2D eigenvalue weighted by Crippen LogP contribution is -2.60. The zero-order chi connectivity index (χ0) is 19.3. The molecule has 0 bridgehead atoms. The minimum absolute atomic E-state index is 0.204. The number of aliphatic hydroxyl groups excluding tert-OH is 1. The predicted molar refractivity (Wildman–Crippen MR) is 68.9 cm³/mol. The Labute approximate surface area is 134 Å². The SMILES string of the molecule is C=C(C)C(O)OC(C)(C(=O)OCC)C(F)(F)C(=O)OCC(F)(F)F. The Morgan fingerprint density at radius 2 is 1.62 bits per heavy atom. The summed E-state index contributed by atoms with van der Waals surface area (Å²) in [5.41, 5.74) is -3.64. The summed E-state index contributed by atoms with van der Waals surface area (Å²) in [6.07, 6.45) is -7.16. The number of carbonyl (C=O) groups excluding carboxylic acids is 2. The van der Waals surface area contributed by atoms with E-state index in [4.69, 9.17) is 0 Å². The fourth-order valence-electron chi connectivity index (χ4n) is 1.28. The summed E-state index contributed by atoms with van der Waals surface area (Å²) in [4.78, 5) is 23.1. The second-order valence-electron chi connectivity index (χ2n) is 4.84. The molecule has 2 unspecified atom stereocenters. The van der Waals surface area contributed by atoms with Gasteiger partial charge in [-0.2, -0.15) is 22.0 Å². The summed E-state index contributed by atoms with van der Waals surface area (Å²) in [5.74, 6) is -9.33. The van der Waals surface area contributed by atoms with Crippen LogP contribution in [0.5, 0.6) is 0 Å². The predicted octanol–water partition coefficient (Wildman–Crippen LogP) is 1.96. The summed E-state index contributed by atoms with van der Waals surface area (Å²) in [6.45, 7) is 3.32. The number of alkyl halides is 5. The molecule has 140 valence electrons. The van der Waals surface area contributed by atoms with Gasteiger partial charge < -0.3 is 19.3 Å². The standard InChI is InChI=1S/C13H17F5O6/c1-5-22-9(20)11(4,24-8(19)7(2)3)13(17,18)10(21)23-6-12(14,15)16/h8,19H,2,5-6H2,1,3-4H3. The average Bonchev–Trinajstić information content (AvgIpc) is 2.43. The number of rotatable bonds is 8. The maximum absolute atomic E-state index is 14.2. The van der Waals surface area contributed by atoms with E-state index in [9.17, 15) is 36.6 Å². The van der Waals surface area contributed by atoms with Crippen molar-refractivity contribution in [3.05, 3.63) is 12.2 Å². The van der Waals surface area contributed by atoms with Gasteiger partial charge in [0.1, 0.15) is 0 Å². The highest BCUT2D eigenvalue weighted by Gasteiger charge is 2.65. The van der Waals surface area contributed by atoms with E-state index in [1.54, 1.807) is 0 Å². The third-order valence-corrected chi connectivity index (χ3v) is 2.66. The van der Waals surface area contributed by atoms with Crippen molar-refractivity contribution in [1.82, 2.24) is 0 Å². The van der Waals surface area contributed by atoms with Crippen LogP contribution < -0.4 is 0 Å². The van der Waals surface area contributed by atoms with Gasteiger partial charge in [0.05, 0.1) is 6.61 Å². The molecular weight excluding hydrogens is 347 g/mol. The molecule has 0 aliphatic rings. The fraction of sp³-hybridized carbons (Fsp3) is 0.692. The van der Waals surface area contributed by atoms with Crippen LogP contribution in [0.25, 0.3) is 0 Å². The zero-order valence-electron chi connectivity index (χ0n) is 13.1. The normalized spacial score (nSPS) is 16.0. The Kier molecular flexibility index (Phi) is 7.31. The minimum atomic E-state index is -5.05. The van der Waals surface area contributed by atoms with E-state index in [1.807, 2.05) is 0 Å². The van der Waals surface area contributed by atoms with Crippen molar-refractivity contribution in [1.29, 1.82) is 0 Å². The molecule has 0 saturated carbocycles. The number of esters is 2. The lowest BCUT2D eigenvalue weighted by molar-refractivity contribution is -0.264. The molecule has 11 heteroatoms. The minimum Gasteiger partial charge on any atom is -0.464 e. The molecular formula is C13H17F5O6. The van der Waals surface area contributed by atoms with Gasteiger partial charge in [-0.05, 0) is 26.3 Å². The van der Waals surface area contributed by atoms with Crippen LogP contribution in [0.1, 0.15) is 20.8 Å². The van der Waals surface area contributed by atoms with Crippen LogP contribution in [-0.2, 0) is 23.8 Å². The van der Waals surface area contributed by atoms with Gasteiger partial charge in [0, 0.05) is 0 Å². The maximum Gasteiger partial charge on any atom is 0.422 e. The van der Waals surface area contributed by atoms with E-state index >= 15 is 0 Å². The van der Waals surface area contributed by atoms with Crippen LogP contribution in [0.2, 0.25) is 0 Å². The van der Waals surface area contributed by atoms with Gasteiger partial charge in [-0.25, -0.2) is 9.59 Å². The smallest absolute Gasteiger partial charge is 0.422 e. The highest BCUT2D eigenvalue weighted by atomic mass is 19.4. The van der Waals surface area contributed by atoms with E-state index in [2.05, 4.69) is 20.8 Å². The van der Waals surface area contributed by atoms with Crippen LogP contribution in [-0.4, -0.2) is 54.2 Å². The van der Waals surface area contributed by atoms with Gasteiger partial charge in [0.25, 0.3) is 0 Å². The number of halogens is 5. The highest BCUT2D eigenvalue weighted by Crippen LogP contribution is 2.36. The van der Waals surface area contributed by atoms with E-state index in [-0.39, 0.29) is 5.57 Å². The van der Waals surface area contributed by atoms with Crippen molar-refractivity contribution in [2.75, 3.05) is 13.2 Å². The van der Waals surface area contributed by atoms with Gasteiger partial charge in [-0.15, -0.1) is 0 Å². The monoisotopic (exact) mass is 364 g/mol. The largest absolute Gasteiger partial charge is 0.464 e. The van der Waals surface area contributed by atoms with Gasteiger partial charge in [0.15, 0.2) is 12.9 Å². The molecule has 0 aliphatic carbocycles. The molecule has 0 radical (unpaired) electrons. The first-order valence-corrected chi connectivity index (χ1v) is 6.49. The van der Waals surface area contributed by atoms with Crippen LogP contribution in [0.4, 0.5) is 22.0 Å². The molecule has 0 fully saturated rings. The molecule has 0 aromatic heterocycles. The fourth-order valence-corrected chi connectivity index (χ4v) is 1.28. The lowest BCUT2D eigenvalue weighted by atomic mass is 9.97. The second-order valence-corrected chi connectivity index (χ2v) is 4.84. The molecule has 0 aliphatic heterocycles. The quantitative estimate of drug-likeness (QED) is 0.307. The molecule has 2 atom stereocenters. The molecule has 0 saturated heterocycles. The number of ether oxygens (including phenoxy) is 3. The van der Waals surface area contributed by atoms with Gasteiger partial charge in [0.2, 0.25) is 5.60 Å². The first-order valence-electron chi connectivity index (χ1n) is 6.49. The first kappa shape index (κ1) is 22.2. The summed E-state index contributed by atoms with van der Waals surface area (Å²) >= 11 is 0.